The SMILES string of the molecule is CNC(Cc1csc2ccccc12)c1cccc(Cl)c1Cl. The number of rotatable bonds is 4. The van der Waals surface area contributed by atoms with Gasteiger partial charge in [0.05, 0.1) is 10.0 Å². The summed E-state index contributed by atoms with van der Waals surface area (Å²) in [6.07, 6.45) is 0.889. The van der Waals surface area contributed by atoms with Gasteiger partial charge in [-0.2, -0.15) is 0 Å². The van der Waals surface area contributed by atoms with Gasteiger partial charge in [0.15, 0.2) is 0 Å². The van der Waals surface area contributed by atoms with E-state index in [4.69, 9.17) is 23.2 Å². The molecule has 21 heavy (non-hydrogen) atoms. The number of benzene rings is 2. The van der Waals surface area contributed by atoms with Crippen LogP contribution in [0.3, 0.4) is 0 Å². The van der Waals surface area contributed by atoms with Crippen molar-refractivity contribution in [3.63, 3.8) is 0 Å². The Kier molecular flexibility index (Phi) is 4.51. The molecule has 1 unspecified atom stereocenters. The molecular weight excluding hydrogens is 321 g/mol. The van der Waals surface area contributed by atoms with Gasteiger partial charge in [0.2, 0.25) is 0 Å². The van der Waals surface area contributed by atoms with E-state index < -0.39 is 0 Å². The molecule has 3 aromatic rings. The summed E-state index contributed by atoms with van der Waals surface area (Å²) in [5.41, 5.74) is 2.38. The van der Waals surface area contributed by atoms with Gasteiger partial charge in [-0.15, -0.1) is 11.3 Å². The van der Waals surface area contributed by atoms with Crippen molar-refractivity contribution >= 4 is 44.6 Å². The van der Waals surface area contributed by atoms with E-state index in [1.165, 1.54) is 15.6 Å². The number of hydrogen-bond donors (Lipinski definition) is 1. The van der Waals surface area contributed by atoms with Gasteiger partial charge in [0.1, 0.15) is 0 Å². The van der Waals surface area contributed by atoms with E-state index in [0.717, 1.165) is 12.0 Å². The third-order valence-corrected chi connectivity index (χ3v) is 5.54. The van der Waals surface area contributed by atoms with Crippen LogP contribution in [0.15, 0.2) is 47.8 Å². The minimum Gasteiger partial charge on any atom is -0.313 e. The number of nitrogens with one attached hydrogen (secondary N) is 1. The summed E-state index contributed by atoms with van der Waals surface area (Å²) >= 11 is 14.3. The molecule has 0 radical (unpaired) electrons. The Labute approximate surface area is 138 Å². The van der Waals surface area contributed by atoms with Crippen LogP contribution >= 0.6 is 34.5 Å². The predicted molar refractivity (Wildman–Crippen MR) is 93.8 cm³/mol. The van der Waals surface area contributed by atoms with Gasteiger partial charge < -0.3 is 5.32 Å². The van der Waals surface area contributed by atoms with Crippen LogP contribution in [-0.4, -0.2) is 7.05 Å². The van der Waals surface area contributed by atoms with E-state index in [1.54, 1.807) is 11.3 Å². The van der Waals surface area contributed by atoms with Crippen LogP contribution in [0.2, 0.25) is 10.0 Å². The molecule has 0 saturated carbocycles. The summed E-state index contributed by atoms with van der Waals surface area (Å²) in [6.45, 7) is 0. The second-order valence-electron chi connectivity index (χ2n) is 4.95. The Bertz CT molecular complexity index is 766. The summed E-state index contributed by atoms with van der Waals surface area (Å²) in [4.78, 5) is 0. The number of hydrogen-bond acceptors (Lipinski definition) is 2. The molecule has 1 atom stereocenters. The second-order valence-corrected chi connectivity index (χ2v) is 6.64. The van der Waals surface area contributed by atoms with Crippen LogP contribution in [0, 0.1) is 0 Å². The van der Waals surface area contributed by atoms with Crippen molar-refractivity contribution in [2.45, 2.75) is 12.5 Å². The molecule has 1 nitrogen and oxygen atoms in total. The Balaban J connectivity index is 1.96. The Morgan fingerprint density at radius 2 is 1.90 bits per heavy atom. The highest BCUT2D eigenvalue weighted by Gasteiger charge is 2.17. The van der Waals surface area contributed by atoms with Gasteiger partial charge in [-0.05, 0) is 47.5 Å². The normalized spacial score (nSPS) is 12.7. The maximum absolute atomic E-state index is 6.36. The average Bonchev–Trinajstić information content (AvgIpc) is 2.91. The first kappa shape index (κ1) is 14.9. The van der Waals surface area contributed by atoms with Crippen molar-refractivity contribution < 1.29 is 0 Å². The Morgan fingerprint density at radius 1 is 1.10 bits per heavy atom. The van der Waals surface area contributed by atoms with Crippen molar-refractivity contribution in [1.82, 2.24) is 5.32 Å². The first-order valence-electron chi connectivity index (χ1n) is 6.77. The van der Waals surface area contributed by atoms with E-state index >= 15 is 0 Å². The Hall–Kier alpha value is -1.06. The highest BCUT2D eigenvalue weighted by atomic mass is 35.5. The average molecular weight is 336 g/mol. The molecule has 0 aliphatic heterocycles. The van der Waals surface area contributed by atoms with Gasteiger partial charge >= 0.3 is 0 Å². The molecule has 0 bridgehead atoms. The maximum atomic E-state index is 6.36. The molecule has 0 saturated heterocycles. The third-order valence-electron chi connectivity index (χ3n) is 3.69. The zero-order chi connectivity index (χ0) is 14.8. The lowest BCUT2D eigenvalue weighted by Crippen LogP contribution is -2.19. The largest absolute Gasteiger partial charge is 0.313 e. The smallest absolute Gasteiger partial charge is 0.0640 e. The zero-order valence-corrected chi connectivity index (χ0v) is 13.9. The first-order valence-corrected chi connectivity index (χ1v) is 8.40. The van der Waals surface area contributed by atoms with E-state index in [1.807, 2.05) is 25.2 Å². The molecule has 1 heterocycles. The minimum absolute atomic E-state index is 0.147. The van der Waals surface area contributed by atoms with Crippen molar-refractivity contribution in [2.24, 2.45) is 0 Å². The number of thiophene rings is 1. The molecule has 0 fully saturated rings. The molecule has 0 amide bonds. The molecule has 0 aliphatic carbocycles. The lowest BCUT2D eigenvalue weighted by atomic mass is 9.98. The van der Waals surface area contributed by atoms with Crippen molar-refractivity contribution in [3.8, 4) is 0 Å². The van der Waals surface area contributed by atoms with Crippen LogP contribution in [-0.2, 0) is 6.42 Å². The maximum Gasteiger partial charge on any atom is 0.0640 e. The molecule has 108 valence electrons. The summed E-state index contributed by atoms with van der Waals surface area (Å²) < 4.78 is 1.32. The van der Waals surface area contributed by atoms with Gasteiger partial charge in [-0.3, -0.25) is 0 Å². The van der Waals surface area contributed by atoms with Gasteiger partial charge in [0, 0.05) is 10.7 Å². The molecule has 0 aliphatic rings. The highest BCUT2D eigenvalue weighted by molar-refractivity contribution is 7.17. The van der Waals surface area contributed by atoms with E-state index in [2.05, 4.69) is 35.0 Å². The predicted octanol–water partition coefficient (Wildman–Crippen LogP) is 5.71. The van der Waals surface area contributed by atoms with Crippen LogP contribution in [0.4, 0.5) is 0 Å². The van der Waals surface area contributed by atoms with E-state index in [-0.39, 0.29) is 6.04 Å². The standard InChI is InChI=1S/C17H15Cl2NS/c1-20-15(13-6-4-7-14(18)17(13)19)9-11-10-21-16-8-3-2-5-12(11)16/h2-8,10,15,20H,9H2,1H3. The van der Waals surface area contributed by atoms with Crippen LogP contribution in [0.5, 0.6) is 0 Å². The molecule has 3 rings (SSSR count). The molecule has 2 aromatic carbocycles. The minimum atomic E-state index is 0.147. The summed E-state index contributed by atoms with van der Waals surface area (Å²) in [7, 11) is 1.95. The lowest BCUT2D eigenvalue weighted by Gasteiger charge is -2.18. The molecular formula is C17H15Cl2NS. The molecule has 1 N–H and O–H groups in total. The number of likely N-dealkylation sites (N-methyl/N-ethyl adjacent to an activating group) is 1. The number of fused-ring (bicyclic) bond motifs is 1. The van der Waals surface area contributed by atoms with Crippen LogP contribution < -0.4 is 5.32 Å². The summed E-state index contributed by atoms with van der Waals surface area (Å²) in [6, 6.07) is 14.4. The lowest BCUT2D eigenvalue weighted by molar-refractivity contribution is 0.595. The fourth-order valence-electron chi connectivity index (χ4n) is 2.57. The van der Waals surface area contributed by atoms with Gasteiger partial charge in [-0.25, -0.2) is 0 Å². The fourth-order valence-corrected chi connectivity index (χ4v) is 3.98. The first-order chi connectivity index (χ1) is 10.2. The summed E-state index contributed by atoms with van der Waals surface area (Å²) in [5, 5.41) is 8.14. The zero-order valence-electron chi connectivity index (χ0n) is 11.6. The van der Waals surface area contributed by atoms with Crippen molar-refractivity contribution in [3.05, 3.63) is 69.0 Å². The Morgan fingerprint density at radius 3 is 2.71 bits per heavy atom. The number of halogens is 2. The topological polar surface area (TPSA) is 12.0 Å². The van der Waals surface area contributed by atoms with Crippen molar-refractivity contribution in [1.29, 1.82) is 0 Å². The monoisotopic (exact) mass is 335 g/mol. The van der Waals surface area contributed by atoms with Crippen molar-refractivity contribution in [2.75, 3.05) is 7.05 Å². The molecule has 1 aromatic heterocycles. The van der Waals surface area contributed by atoms with Crippen LogP contribution in [0.25, 0.3) is 10.1 Å². The quantitative estimate of drug-likeness (QED) is 0.643. The molecule has 0 spiro atoms. The van der Waals surface area contributed by atoms with E-state index in [9.17, 15) is 0 Å². The molecule has 4 heteroatoms. The van der Waals surface area contributed by atoms with Gasteiger partial charge in [0.25, 0.3) is 0 Å². The highest BCUT2D eigenvalue weighted by Crippen LogP contribution is 2.34. The van der Waals surface area contributed by atoms with E-state index in [0.29, 0.717) is 10.0 Å². The fraction of sp³-hybridized carbons (Fsp3) is 0.176. The van der Waals surface area contributed by atoms with Crippen LogP contribution in [0.1, 0.15) is 17.2 Å². The summed E-state index contributed by atoms with van der Waals surface area (Å²) in [5.74, 6) is 0. The third kappa shape index (κ3) is 2.95. The second kappa shape index (κ2) is 6.37. The van der Waals surface area contributed by atoms with Gasteiger partial charge in [-0.1, -0.05) is 53.5 Å².